The lowest BCUT2D eigenvalue weighted by Gasteiger charge is -2.12. The van der Waals surface area contributed by atoms with Crippen LogP contribution in [-0.4, -0.2) is 44.4 Å². The van der Waals surface area contributed by atoms with Crippen LogP contribution < -0.4 is 15.4 Å². The summed E-state index contributed by atoms with van der Waals surface area (Å²) in [5.74, 6) is 2.26. The Labute approximate surface area is 145 Å². The van der Waals surface area contributed by atoms with Gasteiger partial charge in [-0.2, -0.15) is 0 Å². The fraction of sp³-hybridized carbons (Fsp3) is 0.667. The topological polar surface area (TPSA) is 67.8 Å². The second-order valence-corrected chi connectivity index (χ2v) is 6.02. The van der Waals surface area contributed by atoms with Crippen LogP contribution in [0.4, 0.5) is 0 Å². The van der Waals surface area contributed by atoms with E-state index < -0.39 is 0 Å². The number of hydrogen-bond donors (Lipinski definition) is 2. The maximum Gasteiger partial charge on any atom is 0.213 e. The highest BCUT2D eigenvalue weighted by Crippen LogP contribution is 2.29. The third-order valence-electron chi connectivity index (χ3n) is 3.86. The molecule has 6 nitrogen and oxygen atoms in total. The van der Waals surface area contributed by atoms with Gasteiger partial charge in [-0.25, -0.2) is 4.98 Å². The maximum absolute atomic E-state index is 5.65. The Kier molecular flexibility index (Phi) is 8.38. The Bertz CT molecular complexity index is 486. The van der Waals surface area contributed by atoms with Crippen molar-refractivity contribution < 1.29 is 9.47 Å². The van der Waals surface area contributed by atoms with Crippen molar-refractivity contribution >= 4 is 5.96 Å². The molecule has 1 aromatic rings. The van der Waals surface area contributed by atoms with Crippen molar-refractivity contribution in [1.29, 1.82) is 0 Å². The average Bonchev–Trinajstić information content (AvgIpc) is 3.44. The molecule has 0 atom stereocenters. The summed E-state index contributed by atoms with van der Waals surface area (Å²) in [5, 5.41) is 6.60. The standard InChI is InChI=1S/C18H30N4O2/c1-3-23-11-5-4-10-20-18(19-2)22-13-16-8-9-17(21-12-16)24-14-15-6-7-15/h8-9,12,15H,3-7,10-11,13-14H2,1-2H3,(H2,19,20,22). The third kappa shape index (κ3) is 7.64. The van der Waals surface area contributed by atoms with E-state index in [-0.39, 0.29) is 0 Å². The lowest BCUT2D eigenvalue weighted by atomic mass is 10.3. The number of hydrogen-bond acceptors (Lipinski definition) is 4. The first kappa shape index (κ1) is 18.5. The SMILES string of the molecule is CCOCCCCNC(=NC)NCc1ccc(OCC2CC2)nc1. The number of ether oxygens (including phenoxy) is 2. The van der Waals surface area contributed by atoms with E-state index in [2.05, 4.69) is 20.6 Å². The van der Waals surface area contributed by atoms with Crippen molar-refractivity contribution in [2.45, 2.75) is 39.2 Å². The molecule has 0 bridgehead atoms. The summed E-state index contributed by atoms with van der Waals surface area (Å²) in [7, 11) is 1.78. The lowest BCUT2D eigenvalue weighted by molar-refractivity contribution is 0.143. The van der Waals surface area contributed by atoms with E-state index in [4.69, 9.17) is 9.47 Å². The fourth-order valence-electron chi connectivity index (χ4n) is 2.18. The predicted octanol–water partition coefficient (Wildman–Crippen LogP) is 2.35. The van der Waals surface area contributed by atoms with Crippen molar-refractivity contribution in [3.05, 3.63) is 23.9 Å². The number of aliphatic imine (C=N–C) groups is 1. The van der Waals surface area contributed by atoms with Crippen molar-refractivity contribution in [3.8, 4) is 5.88 Å². The normalized spacial score (nSPS) is 14.5. The molecule has 2 N–H and O–H groups in total. The Hall–Kier alpha value is -1.82. The Morgan fingerprint density at radius 2 is 2.17 bits per heavy atom. The first-order chi connectivity index (χ1) is 11.8. The molecule has 2 rings (SSSR count). The first-order valence-electron chi connectivity index (χ1n) is 8.91. The van der Waals surface area contributed by atoms with Gasteiger partial charge in [0.25, 0.3) is 0 Å². The van der Waals surface area contributed by atoms with E-state index in [1.807, 2.05) is 25.3 Å². The molecule has 134 valence electrons. The minimum absolute atomic E-state index is 0.689. The van der Waals surface area contributed by atoms with Gasteiger partial charge >= 0.3 is 0 Å². The van der Waals surface area contributed by atoms with E-state index in [9.17, 15) is 0 Å². The molecule has 0 saturated heterocycles. The summed E-state index contributed by atoms with van der Waals surface area (Å²) in [4.78, 5) is 8.58. The monoisotopic (exact) mass is 334 g/mol. The Balaban J connectivity index is 1.61. The van der Waals surface area contributed by atoms with Crippen molar-refractivity contribution in [3.63, 3.8) is 0 Å². The minimum Gasteiger partial charge on any atom is -0.477 e. The average molecular weight is 334 g/mol. The van der Waals surface area contributed by atoms with E-state index in [1.54, 1.807) is 7.05 Å². The van der Waals surface area contributed by atoms with E-state index in [1.165, 1.54) is 12.8 Å². The van der Waals surface area contributed by atoms with Gasteiger partial charge in [-0.1, -0.05) is 6.07 Å². The predicted molar refractivity (Wildman–Crippen MR) is 96.4 cm³/mol. The van der Waals surface area contributed by atoms with Gasteiger partial charge in [-0.15, -0.1) is 0 Å². The second kappa shape index (κ2) is 10.9. The van der Waals surface area contributed by atoms with Gasteiger partial charge in [0.2, 0.25) is 5.88 Å². The molecule has 0 amide bonds. The Morgan fingerprint density at radius 1 is 1.29 bits per heavy atom. The van der Waals surface area contributed by atoms with Crippen LogP contribution in [0, 0.1) is 5.92 Å². The molecular weight excluding hydrogens is 304 g/mol. The number of pyridine rings is 1. The van der Waals surface area contributed by atoms with Crippen molar-refractivity contribution in [1.82, 2.24) is 15.6 Å². The summed E-state index contributed by atoms with van der Waals surface area (Å²) < 4.78 is 11.0. The van der Waals surface area contributed by atoms with Crippen LogP contribution in [0.5, 0.6) is 5.88 Å². The van der Waals surface area contributed by atoms with Crippen LogP contribution >= 0.6 is 0 Å². The lowest BCUT2D eigenvalue weighted by Crippen LogP contribution is -2.37. The molecule has 1 fully saturated rings. The van der Waals surface area contributed by atoms with E-state index in [0.29, 0.717) is 12.4 Å². The smallest absolute Gasteiger partial charge is 0.213 e. The zero-order valence-electron chi connectivity index (χ0n) is 14.9. The highest BCUT2D eigenvalue weighted by molar-refractivity contribution is 5.79. The molecule has 1 aromatic heterocycles. The van der Waals surface area contributed by atoms with Crippen LogP contribution in [0.2, 0.25) is 0 Å². The number of aromatic nitrogens is 1. The van der Waals surface area contributed by atoms with Gasteiger partial charge in [-0.3, -0.25) is 4.99 Å². The molecule has 6 heteroatoms. The van der Waals surface area contributed by atoms with Gasteiger partial charge in [0.1, 0.15) is 0 Å². The zero-order valence-corrected chi connectivity index (χ0v) is 14.9. The number of guanidine groups is 1. The molecule has 0 unspecified atom stereocenters. The number of nitrogens with zero attached hydrogens (tertiary/aromatic N) is 2. The van der Waals surface area contributed by atoms with Gasteiger partial charge in [0, 0.05) is 45.6 Å². The summed E-state index contributed by atoms with van der Waals surface area (Å²) >= 11 is 0. The quantitative estimate of drug-likeness (QED) is 0.369. The van der Waals surface area contributed by atoms with E-state index >= 15 is 0 Å². The third-order valence-corrected chi connectivity index (χ3v) is 3.86. The van der Waals surface area contributed by atoms with Crippen LogP contribution in [-0.2, 0) is 11.3 Å². The fourth-order valence-corrected chi connectivity index (χ4v) is 2.18. The summed E-state index contributed by atoms with van der Waals surface area (Å²) in [6.45, 7) is 6.00. The molecule has 24 heavy (non-hydrogen) atoms. The van der Waals surface area contributed by atoms with Crippen molar-refractivity contribution in [2.75, 3.05) is 33.4 Å². The molecule has 0 spiro atoms. The molecule has 0 aromatic carbocycles. The molecule has 1 heterocycles. The van der Waals surface area contributed by atoms with Crippen LogP contribution in [0.15, 0.2) is 23.3 Å². The van der Waals surface area contributed by atoms with Crippen molar-refractivity contribution in [2.24, 2.45) is 10.9 Å². The van der Waals surface area contributed by atoms with Gasteiger partial charge in [0.05, 0.1) is 6.61 Å². The summed E-state index contributed by atoms with van der Waals surface area (Å²) in [6.07, 6.45) is 6.56. The van der Waals surface area contributed by atoms with Crippen LogP contribution in [0.1, 0.15) is 38.2 Å². The number of nitrogens with one attached hydrogen (secondary N) is 2. The second-order valence-electron chi connectivity index (χ2n) is 6.02. The van der Waals surface area contributed by atoms with Gasteiger partial charge < -0.3 is 20.1 Å². The summed E-state index contributed by atoms with van der Waals surface area (Å²) in [5.41, 5.74) is 1.10. The van der Waals surface area contributed by atoms with E-state index in [0.717, 1.165) is 56.6 Å². The van der Waals surface area contributed by atoms with Crippen LogP contribution in [0.3, 0.4) is 0 Å². The molecule has 0 aliphatic heterocycles. The summed E-state index contributed by atoms with van der Waals surface area (Å²) in [6, 6.07) is 3.97. The highest BCUT2D eigenvalue weighted by Gasteiger charge is 2.21. The maximum atomic E-state index is 5.65. The molecule has 1 aliphatic rings. The van der Waals surface area contributed by atoms with Gasteiger partial charge in [0.15, 0.2) is 5.96 Å². The molecule has 1 aliphatic carbocycles. The highest BCUT2D eigenvalue weighted by atomic mass is 16.5. The number of unbranched alkanes of at least 4 members (excludes halogenated alkanes) is 1. The molecule has 0 radical (unpaired) electrons. The largest absolute Gasteiger partial charge is 0.477 e. The van der Waals surface area contributed by atoms with Crippen LogP contribution in [0.25, 0.3) is 0 Å². The van der Waals surface area contributed by atoms with Gasteiger partial charge in [-0.05, 0) is 44.1 Å². The Morgan fingerprint density at radius 3 is 2.83 bits per heavy atom. The zero-order chi connectivity index (χ0) is 17.0. The molecular formula is C18H30N4O2. The minimum atomic E-state index is 0.689. The number of rotatable bonds is 11. The molecule has 1 saturated carbocycles. The first-order valence-corrected chi connectivity index (χ1v) is 8.91.